The summed E-state index contributed by atoms with van der Waals surface area (Å²) in [5.74, 6) is -0.484. The minimum Gasteiger partial charge on any atom is -0.469 e. The maximum absolute atomic E-state index is 12.2. The molecule has 1 aromatic rings. The van der Waals surface area contributed by atoms with Gasteiger partial charge >= 0.3 is 12.0 Å². The predicted octanol–water partition coefficient (Wildman–Crippen LogP) is 1.83. The summed E-state index contributed by atoms with van der Waals surface area (Å²) in [5, 5.41) is 11.5. The van der Waals surface area contributed by atoms with Crippen molar-refractivity contribution in [3.8, 4) is 6.07 Å². The minimum absolute atomic E-state index is 0.0733. The van der Waals surface area contributed by atoms with Gasteiger partial charge in [0.1, 0.15) is 0 Å². The fourth-order valence-corrected chi connectivity index (χ4v) is 2.42. The average Bonchev–Trinajstić information content (AvgIpc) is 2.89. The number of likely N-dealkylation sites (tertiary alicyclic amines) is 1. The van der Waals surface area contributed by atoms with Crippen LogP contribution in [0.5, 0.6) is 0 Å². The number of carbonyl (C=O) groups is 2. The number of nitriles is 1. The molecule has 1 aromatic carbocycles. The largest absolute Gasteiger partial charge is 0.469 e. The second-order valence-corrected chi connectivity index (χ2v) is 5.13. The molecular weight excluding hydrogens is 270 g/mol. The Labute approximate surface area is 123 Å². The van der Waals surface area contributed by atoms with Gasteiger partial charge in [-0.05, 0) is 30.2 Å². The molecule has 1 heterocycles. The first kappa shape index (κ1) is 14.9. The van der Waals surface area contributed by atoms with E-state index in [-0.39, 0.29) is 23.8 Å². The van der Waals surface area contributed by atoms with Crippen LogP contribution in [-0.2, 0) is 9.53 Å². The van der Waals surface area contributed by atoms with E-state index in [1.54, 1.807) is 29.2 Å². The number of benzene rings is 1. The molecule has 2 unspecified atom stereocenters. The number of methoxy groups -OCH3 is 1. The summed E-state index contributed by atoms with van der Waals surface area (Å²) < 4.78 is 4.75. The highest BCUT2D eigenvalue weighted by Crippen LogP contribution is 2.24. The van der Waals surface area contributed by atoms with Crippen molar-refractivity contribution in [3.63, 3.8) is 0 Å². The average molecular weight is 287 g/mol. The van der Waals surface area contributed by atoms with Crippen molar-refractivity contribution in [1.82, 2.24) is 4.90 Å². The van der Waals surface area contributed by atoms with Gasteiger partial charge in [-0.1, -0.05) is 6.92 Å². The molecule has 21 heavy (non-hydrogen) atoms. The summed E-state index contributed by atoms with van der Waals surface area (Å²) in [6, 6.07) is 8.39. The summed E-state index contributed by atoms with van der Waals surface area (Å²) in [7, 11) is 1.36. The van der Waals surface area contributed by atoms with Crippen LogP contribution in [0.4, 0.5) is 10.5 Å². The molecule has 0 aliphatic carbocycles. The molecule has 0 saturated carbocycles. The SMILES string of the molecule is COC(=O)C1CN(C(=O)Nc2ccc(C#N)cc2)CC1C. The van der Waals surface area contributed by atoms with Crippen molar-refractivity contribution in [2.24, 2.45) is 11.8 Å². The fourth-order valence-electron chi connectivity index (χ4n) is 2.42. The summed E-state index contributed by atoms with van der Waals surface area (Å²) in [6.45, 7) is 2.80. The molecule has 2 atom stereocenters. The molecule has 1 aliphatic heterocycles. The Morgan fingerprint density at radius 3 is 2.57 bits per heavy atom. The third-order valence-electron chi connectivity index (χ3n) is 3.67. The molecule has 1 saturated heterocycles. The Morgan fingerprint density at radius 2 is 2.00 bits per heavy atom. The number of urea groups is 1. The maximum atomic E-state index is 12.2. The lowest BCUT2D eigenvalue weighted by molar-refractivity contribution is -0.145. The van der Waals surface area contributed by atoms with Crippen LogP contribution in [-0.4, -0.2) is 37.1 Å². The summed E-state index contributed by atoms with van der Waals surface area (Å²) in [4.78, 5) is 25.4. The van der Waals surface area contributed by atoms with Crippen LogP contribution in [0.2, 0.25) is 0 Å². The number of nitrogens with zero attached hydrogens (tertiary/aromatic N) is 2. The number of hydrogen-bond acceptors (Lipinski definition) is 4. The standard InChI is InChI=1S/C15H17N3O3/c1-10-8-18(9-13(10)14(19)21-2)15(20)17-12-5-3-11(7-16)4-6-12/h3-6,10,13H,8-9H2,1-2H3,(H,17,20). The molecule has 0 spiro atoms. The van der Waals surface area contributed by atoms with Crippen LogP contribution in [0, 0.1) is 23.2 Å². The molecule has 0 aromatic heterocycles. The van der Waals surface area contributed by atoms with Crippen molar-refractivity contribution in [2.45, 2.75) is 6.92 Å². The molecule has 0 radical (unpaired) electrons. The normalized spacial score (nSPS) is 20.7. The third-order valence-corrected chi connectivity index (χ3v) is 3.67. The van der Waals surface area contributed by atoms with Crippen molar-refractivity contribution in [1.29, 1.82) is 5.26 Å². The van der Waals surface area contributed by atoms with Crippen molar-refractivity contribution in [3.05, 3.63) is 29.8 Å². The highest BCUT2D eigenvalue weighted by molar-refractivity contribution is 5.90. The molecule has 2 amide bonds. The van der Waals surface area contributed by atoms with Gasteiger partial charge in [0, 0.05) is 18.8 Å². The zero-order valence-corrected chi connectivity index (χ0v) is 12.0. The van der Waals surface area contributed by atoms with E-state index in [0.29, 0.717) is 24.3 Å². The molecule has 2 rings (SSSR count). The number of esters is 1. The number of nitrogens with one attached hydrogen (secondary N) is 1. The van der Waals surface area contributed by atoms with Gasteiger partial charge in [0.25, 0.3) is 0 Å². The Bertz CT molecular complexity index is 577. The topological polar surface area (TPSA) is 82.4 Å². The monoisotopic (exact) mass is 287 g/mol. The van der Waals surface area contributed by atoms with Crippen molar-refractivity contribution in [2.75, 3.05) is 25.5 Å². The second kappa shape index (κ2) is 6.27. The van der Waals surface area contributed by atoms with E-state index < -0.39 is 0 Å². The number of carbonyl (C=O) groups excluding carboxylic acids is 2. The molecule has 1 fully saturated rings. The molecule has 6 nitrogen and oxygen atoms in total. The van der Waals surface area contributed by atoms with Gasteiger partial charge < -0.3 is 15.0 Å². The zero-order valence-electron chi connectivity index (χ0n) is 12.0. The predicted molar refractivity (Wildman–Crippen MR) is 76.4 cm³/mol. The highest BCUT2D eigenvalue weighted by Gasteiger charge is 2.37. The zero-order chi connectivity index (χ0) is 15.4. The van der Waals surface area contributed by atoms with Gasteiger partial charge in [-0.15, -0.1) is 0 Å². The van der Waals surface area contributed by atoms with E-state index in [1.807, 2.05) is 13.0 Å². The molecular formula is C15H17N3O3. The van der Waals surface area contributed by atoms with E-state index in [9.17, 15) is 9.59 Å². The first-order chi connectivity index (χ1) is 10.0. The smallest absolute Gasteiger partial charge is 0.321 e. The summed E-state index contributed by atoms with van der Waals surface area (Å²) >= 11 is 0. The summed E-state index contributed by atoms with van der Waals surface area (Å²) in [5.41, 5.74) is 1.15. The molecule has 1 aliphatic rings. The van der Waals surface area contributed by atoms with E-state index in [1.165, 1.54) is 7.11 Å². The van der Waals surface area contributed by atoms with Gasteiger partial charge in [-0.2, -0.15) is 5.26 Å². The Balaban J connectivity index is 1.98. The van der Waals surface area contributed by atoms with Crippen LogP contribution in [0.25, 0.3) is 0 Å². The maximum Gasteiger partial charge on any atom is 0.321 e. The molecule has 6 heteroatoms. The number of rotatable bonds is 2. The van der Waals surface area contributed by atoms with Gasteiger partial charge in [-0.3, -0.25) is 4.79 Å². The minimum atomic E-state index is -0.281. The lowest BCUT2D eigenvalue weighted by Crippen LogP contribution is -2.34. The Hall–Kier alpha value is -2.55. The summed E-state index contributed by atoms with van der Waals surface area (Å²) in [6.07, 6.45) is 0. The first-order valence-electron chi connectivity index (χ1n) is 6.69. The number of amides is 2. The lowest BCUT2D eigenvalue weighted by atomic mass is 9.99. The van der Waals surface area contributed by atoms with Crippen LogP contribution >= 0.6 is 0 Å². The van der Waals surface area contributed by atoms with E-state index >= 15 is 0 Å². The van der Waals surface area contributed by atoms with Crippen LogP contribution < -0.4 is 5.32 Å². The van der Waals surface area contributed by atoms with Gasteiger partial charge in [0.2, 0.25) is 0 Å². The fraction of sp³-hybridized carbons (Fsp3) is 0.400. The number of ether oxygens (including phenoxy) is 1. The van der Waals surface area contributed by atoms with Gasteiger partial charge in [0.05, 0.1) is 24.7 Å². The Morgan fingerprint density at radius 1 is 1.33 bits per heavy atom. The quantitative estimate of drug-likeness (QED) is 0.841. The van der Waals surface area contributed by atoms with E-state index in [0.717, 1.165) is 0 Å². The van der Waals surface area contributed by atoms with E-state index in [2.05, 4.69) is 5.32 Å². The molecule has 110 valence electrons. The molecule has 0 bridgehead atoms. The second-order valence-electron chi connectivity index (χ2n) is 5.13. The van der Waals surface area contributed by atoms with E-state index in [4.69, 9.17) is 10.00 Å². The lowest BCUT2D eigenvalue weighted by Gasteiger charge is -2.17. The number of anilines is 1. The number of hydrogen-bond donors (Lipinski definition) is 1. The van der Waals surface area contributed by atoms with Gasteiger partial charge in [0.15, 0.2) is 0 Å². The van der Waals surface area contributed by atoms with Crippen molar-refractivity contribution >= 4 is 17.7 Å². The van der Waals surface area contributed by atoms with Crippen LogP contribution in [0.3, 0.4) is 0 Å². The first-order valence-corrected chi connectivity index (χ1v) is 6.69. The van der Waals surface area contributed by atoms with Crippen LogP contribution in [0.1, 0.15) is 12.5 Å². The van der Waals surface area contributed by atoms with Crippen LogP contribution in [0.15, 0.2) is 24.3 Å². The Kier molecular flexibility index (Phi) is 4.43. The highest BCUT2D eigenvalue weighted by atomic mass is 16.5. The molecule has 1 N–H and O–H groups in total. The third kappa shape index (κ3) is 3.31. The van der Waals surface area contributed by atoms with Crippen molar-refractivity contribution < 1.29 is 14.3 Å². The van der Waals surface area contributed by atoms with Gasteiger partial charge in [-0.25, -0.2) is 4.79 Å².